The minimum atomic E-state index is -0.353. The van der Waals surface area contributed by atoms with E-state index in [0.29, 0.717) is 12.1 Å². The Kier molecular flexibility index (Phi) is 3.14. The zero-order valence-electron chi connectivity index (χ0n) is 11.1. The molecule has 3 rings (SSSR count). The summed E-state index contributed by atoms with van der Waals surface area (Å²) in [5.41, 5.74) is 3.48. The largest absolute Gasteiger partial charge is 0.373 e. The zero-order valence-corrected chi connectivity index (χ0v) is 11.1. The van der Waals surface area contributed by atoms with E-state index in [9.17, 15) is 9.18 Å². The van der Waals surface area contributed by atoms with Gasteiger partial charge in [0, 0.05) is 17.8 Å². The number of aryl methyl sites for hydroxylation is 1. The highest BCUT2D eigenvalue weighted by molar-refractivity contribution is 5.98. The van der Waals surface area contributed by atoms with Gasteiger partial charge in [-0.3, -0.25) is 4.79 Å². The molecule has 3 nitrogen and oxygen atoms in total. The summed E-state index contributed by atoms with van der Waals surface area (Å²) in [6.45, 7) is 1.84. The number of anilines is 2. The number of carbonyl (C=O) groups excluding carboxylic acids is 1. The molecule has 2 aromatic rings. The van der Waals surface area contributed by atoms with Crippen LogP contribution in [-0.4, -0.2) is 11.9 Å². The smallest absolute Gasteiger partial charge is 0.247 e. The van der Waals surface area contributed by atoms with Gasteiger partial charge in [0.05, 0.1) is 0 Å². The Balaban J connectivity index is 1.74. The fraction of sp³-hybridized carbons (Fsp3) is 0.188. The highest BCUT2D eigenvalue weighted by Gasteiger charge is 2.26. The van der Waals surface area contributed by atoms with E-state index in [1.54, 1.807) is 6.07 Å². The molecule has 0 spiro atoms. The lowest BCUT2D eigenvalue weighted by molar-refractivity contribution is -0.116. The van der Waals surface area contributed by atoms with Crippen LogP contribution in [0.4, 0.5) is 15.8 Å². The highest BCUT2D eigenvalue weighted by Crippen LogP contribution is 2.26. The van der Waals surface area contributed by atoms with Gasteiger partial charge in [0.25, 0.3) is 0 Å². The van der Waals surface area contributed by atoms with Crippen LogP contribution in [-0.2, 0) is 11.2 Å². The number of rotatable bonds is 2. The predicted molar refractivity (Wildman–Crippen MR) is 77.3 cm³/mol. The second-order valence-corrected chi connectivity index (χ2v) is 5.01. The summed E-state index contributed by atoms with van der Waals surface area (Å²) in [6, 6.07) is 11.9. The van der Waals surface area contributed by atoms with Gasteiger partial charge in [-0.15, -0.1) is 0 Å². The Morgan fingerprint density at radius 2 is 2.10 bits per heavy atom. The number of nitrogens with one attached hydrogen (secondary N) is 2. The normalized spacial score (nSPS) is 16.4. The topological polar surface area (TPSA) is 41.1 Å². The van der Waals surface area contributed by atoms with Gasteiger partial charge in [0.15, 0.2) is 0 Å². The minimum Gasteiger partial charge on any atom is -0.373 e. The molecule has 0 unspecified atom stereocenters. The van der Waals surface area contributed by atoms with Gasteiger partial charge >= 0.3 is 0 Å². The van der Waals surface area contributed by atoms with Gasteiger partial charge in [-0.1, -0.05) is 24.3 Å². The molecule has 2 aromatic carbocycles. The Bertz CT molecular complexity index is 644. The van der Waals surface area contributed by atoms with Crippen molar-refractivity contribution in [1.82, 2.24) is 0 Å². The van der Waals surface area contributed by atoms with Crippen LogP contribution in [0.5, 0.6) is 0 Å². The predicted octanol–water partition coefficient (Wildman–Crippen LogP) is 3.11. The number of para-hydroxylation sites is 1. The molecule has 0 bridgehead atoms. The summed E-state index contributed by atoms with van der Waals surface area (Å²) < 4.78 is 13.2. The first-order valence-corrected chi connectivity index (χ1v) is 6.55. The van der Waals surface area contributed by atoms with Crippen molar-refractivity contribution in [2.75, 3.05) is 10.6 Å². The molecule has 1 amide bonds. The summed E-state index contributed by atoms with van der Waals surface area (Å²) in [4.78, 5) is 12.3. The second kappa shape index (κ2) is 4.96. The van der Waals surface area contributed by atoms with E-state index in [-0.39, 0.29) is 17.8 Å². The van der Waals surface area contributed by atoms with Crippen LogP contribution in [0.3, 0.4) is 0 Å². The van der Waals surface area contributed by atoms with E-state index in [1.807, 2.05) is 31.2 Å². The molecule has 1 atom stereocenters. The number of benzene rings is 2. The lowest BCUT2D eigenvalue weighted by Crippen LogP contribution is -2.33. The monoisotopic (exact) mass is 270 g/mol. The average Bonchev–Trinajstić information content (AvgIpc) is 2.87. The molecule has 0 saturated carbocycles. The maximum atomic E-state index is 13.2. The van der Waals surface area contributed by atoms with Gasteiger partial charge in [0.2, 0.25) is 5.91 Å². The third kappa shape index (κ3) is 2.37. The molecule has 4 heteroatoms. The van der Waals surface area contributed by atoms with Crippen molar-refractivity contribution in [3.8, 4) is 0 Å². The van der Waals surface area contributed by atoms with Crippen LogP contribution in [0.2, 0.25) is 0 Å². The van der Waals surface area contributed by atoms with Crippen LogP contribution in [0.1, 0.15) is 11.1 Å². The lowest BCUT2D eigenvalue weighted by atomic mass is 10.1. The van der Waals surface area contributed by atoms with Gasteiger partial charge in [-0.05, 0) is 36.2 Å². The van der Waals surface area contributed by atoms with Crippen LogP contribution >= 0.6 is 0 Å². The fourth-order valence-electron chi connectivity index (χ4n) is 2.40. The third-order valence-corrected chi connectivity index (χ3v) is 3.55. The maximum Gasteiger partial charge on any atom is 0.247 e. The Hall–Kier alpha value is -2.36. The van der Waals surface area contributed by atoms with Gasteiger partial charge in [-0.2, -0.15) is 0 Å². The number of halogens is 1. The maximum absolute atomic E-state index is 13.2. The SMILES string of the molecule is Cc1ccc(F)cc1NC(=O)[C@@H]1Cc2ccccc2N1. The van der Waals surface area contributed by atoms with E-state index >= 15 is 0 Å². The van der Waals surface area contributed by atoms with E-state index in [2.05, 4.69) is 10.6 Å². The minimum absolute atomic E-state index is 0.144. The molecule has 0 radical (unpaired) electrons. The van der Waals surface area contributed by atoms with Gasteiger partial charge in [-0.25, -0.2) is 4.39 Å². The highest BCUT2D eigenvalue weighted by atomic mass is 19.1. The number of hydrogen-bond donors (Lipinski definition) is 2. The zero-order chi connectivity index (χ0) is 14.1. The second-order valence-electron chi connectivity index (χ2n) is 5.01. The molecule has 0 aliphatic carbocycles. The van der Waals surface area contributed by atoms with E-state index < -0.39 is 0 Å². The standard InChI is InChI=1S/C16H15FN2O/c1-10-6-7-12(17)9-14(10)19-16(20)15-8-11-4-2-3-5-13(11)18-15/h2-7,9,15,18H,8H2,1H3,(H,19,20)/t15-/m0/s1. The lowest BCUT2D eigenvalue weighted by Gasteiger charge is -2.13. The van der Waals surface area contributed by atoms with Gasteiger partial charge in [0.1, 0.15) is 11.9 Å². The molecule has 20 heavy (non-hydrogen) atoms. The van der Waals surface area contributed by atoms with Crippen LogP contribution in [0.25, 0.3) is 0 Å². The van der Waals surface area contributed by atoms with Crippen molar-refractivity contribution >= 4 is 17.3 Å². The van der Waals surface area contributed by atoms with Crippen molar-refractivity contribution in [3.63, 3.8) is 0 Å². The first kappa shape index (κ1) is 12.7. The Labute approximate surface area is 116 Å². The van der Waals surface area contributed by atoms with Crippen molar-refractivity contribution in [1.29, 1.82) is 0 Å². The molecule has 1 aliphatic rings. The first-order chi connectivity index (χ1) is 9.63. The van der Waals surface area contributed by atoms with E-state index in [1.165, 1.54) is 12.1 Å². The molecule has 0 fully saturated rings. The molecule has 2 N–H and O–H groups in total. The third-order valence-electron chi connectivity index (χ3n) is 3.55. The summed E-state index contributed by atoms with van der Waals surface area (Å²) in [6.07, 6.45) is 0.649. The molecular formula is C16H15FN2O. The van der Waals surface area contributed by atoms with Crippen molar-refractivity contribution in [2.24, 2.45) is 0 Å². The number of fused-ring (bicyclic) bond motifs is 1. The first-order valence-electron chi connectivity index (χ1n) is 6.55. The molecule has 0 saturated heterocycles. The molecule has 1 heterocycles. The molecule has 0 aromatic heterocycles. The number of amides is 1. The average molecular weight is 270 g/mol. The summed E-state index contributed by atoms with van der Waals surface area (Å²) in [5, 5.41) is 5.97. The van der Waals surface area contributed by atoms with Crippen molar-refractivity contribution in [3.05, 3.63) is 59.4 Å². The Morgan fingerprint density at radius 3 is 2.90 bits per heavy atom. The molecular weight excluding hydrogens is 255 g/mol. The number of carbonyl (C=O) groups is 1. The quantitative estimate of drug-likeness (QED) is 0.880. The molecule has 102 valence electrons. The van der Waals surface area contributed by atoms with Crippen LogP contribution in [0, 0.1) is 12.7 Å². The van der Waals surface area contributed by atoms with Crippen LogP contribution in [0.15, 0.2) is 42.5 Å². The summed E-state index contributed by atoms with van der Waals surface area (Å²) in [5.74, 6) is -0.497. The molecule has 1 aliphatic heterocycles. The van der Waals surface area contributed by atoms with Gasteiger partial charge < -0.3 is 10.6 Å². The summed E-state index contributed by atoms with van der Waals surface area (Å²) >= 11 is 0. The van der Waals surface area contributed by atoms with E-state index in [4.69, 9.17) is 0 Å². The van der Waals surface area contributed by atoms with Crippen molar-refractivity contribution in [2.45, 2.75) is 19.4 Å². The number of hydrogen-bond acceptors (Lipinski definition) is 2. The van der Waals surface area contributed by atoms with Crippen molar-refractivity contribution < 1.29 is 9.18 Å². The van der Waals surface area contributed by atoms with Crippen LogP contribution < -0.4 is 10.6 Å². The Morgan fingerprint density at radius 1 is 1.30 bits per heavy atom. The fourth-order valence-corrected chi connectivity index (χ4v) is 2.40. The van der Waals surface area contributed by atoms with E-state index in [0.717, 1.165) is 16.8 Å². The summed E-state index contributed by atoms with van der Waals surface area (Å²) in [7, 11) is 0.